The summed E-state index contributed by atoms with van der Waals surface area (Å²) < 4.78 is 0. The van der Waals surface area contributed by atoms with Gasteiger partial charge in [0.2, 0.25) is 0 Å². The Kier molecular flexibility index (Phi) is 4.89. The van der Waals surface area contributed by atoms with Gasteiger partial charge in [-0.25, -0.2) is 4.79 Å². The lowest BCUT2D eigenvalue weighted by Gasteiger charge is -2.34. The maximum atomic E-state index is 12.8. The van der Waals surface area contributed by atoms with Crippen LogP contribution < -0.4 is 11.2 Å². The molecule has 0 radical (unpaired) electrons. The minimum atomic E-state index is -0.642. The number of hydrogen-bond donors (Lipinski definition) is 2. The molecule has 7 heteroatoms. The molecular weight excluding hydrogens is 308 g/mol. The molecule has 1 aliphatic heterocycles. The van der Waals surface area contributed by atoms with Crippen molar-refractivity contribution in [2.75, 3.05) is 26.2 Å². The van der Waals surface area contributed by atoms with Gasteiger partial charge in [0, 0.05) is 38.3 Å². The first-order chi connectivity index (χ1) is 11.4. The molecular formula is C17H26N4O3. The van der Waals surface area contributed by atoms with Gasteiger partial charge < -0.3 is 9.88 Å². The zero-order valence-corrected chi connectivity index (χ0v) is 14.4. The Hall–Kier alpha value is -1.89. The van der Waals surface area contributed by atoms with Gasteiger partial charge in [0.15, 0.2) is 0 Å². The molecule has 7 nitrogen and oxygen atoms in total. The van der Waals surface area contributed by atoms with Crippen LogP contribution in [0.3, 0.4) is 0 Å². The van der Waals surface area contributed by atoms with Crippen LogP contribution >= 0.6 is 0 Å². The molecule has 1 saturated carbocycles. The number of carbonyl (C=O) groups excluding carboxylic acids is 1. The van der Waals surface area contributed by atoms with Crippen LogP contribution in [0.5, 0.6) is 0 Å². The van der Waals surface area contributed by atoms with Crippen LogP contribution in [0.15, 0.2) is 15.7 Å². The van der Waals surface area contributed by atoms with Crippen molar-refractivity contribution in [2.45, 2.75) is 39.2 Å². The molecule has 1 saturated heterocycles. The van der Waals surface area contributed by atoms with Crippen molar-refractivity contribution in [3.8, 4) is 0 Å². The Morgan fingerprint density at radius 3 is 2.62 bits per heavy atom. The second-order valence-electron chi connectivity index (χ2n) is 7.36. The molecule has 3 rings (SSSR count). The number of carbonyl (C=O) groups is 1. The van der Waals surface area contributed by atoms with E-state index < -0.39 is 11.2 Å². The minimum absolute atomic E-state index is 0.0712. The van der Waals surface area contributed by atoms with Crippen LogP contribution in [0.25, 0.3) is 0 Å². The fraction of sp³-hybridized carbons (Fsp3) is 0.706. The van der Waals surface area contributed by atoms with Gasteiger partial charge in [0.1, 0.15) is 5.69 Å². The van der Waals surface area contributed by atoms with E-state index in [1.165, 1.54) is 18.9 Å². The van der Waals surface area contributed by atoms with E-state index in [0.717, 1.165) is 25.4 Å². The topological polar surface area (TPSA) is 89.3 Å². The van der Waals surface area contributed by atoms with Crippen molar-refractivity contribution in [1.82, 2.24) is 19.8 Å². The standard InChI is InChI=1S/C17H26N4O3/c1-11(2)14-10-21(7-3-6-20(14)9-12-4-5-12)16(23)13-8-15(22)19-17(24)18-13/h8,11-12,14H,3-7,9-10H2,1-2H3,(H2,18,19,22,24). The summed E-state index contributed by atoms with van der Waals surface area (Å²) in [6.07, 6.45) is 3.55. The van der Waals surface area contributed by atoms with E-state index in [1.54, 1.807) is 4.90 Å². The number of hydrogen-bond acceptors (Lipinski definition) is 4. The molecule has 0 spiro atoms. The van der Waals surface area contributed by atoms with Gasteiger partial charge in [-0.05, 0) is 31.1 Å². The fourth-order valence-electron chi connectivity index (χ4n) is 3.49. The van der Waals surface area contributed by atoms with Crippen molar-refractivity contribution in [1.29, 1.82) is 0 Å². The number of aromatic amines is 2. The quantitative estimate of drug-likeness (QED) is 0.846. The zero-order chi connectivity index (χ0) is 17.3. The van der Waals surface area contributed by atoms with Gasteiger partial charge in [-0.2, -0.15) is 0 Å². The molecule has 2 heterocycles. The zero-order valence-electron chi connectivity index (χ0n) is 14.4. The highest BCUT2D eigenvalue weighted by Gasteiger charge is 2.33. The largest absolute Gasteiger partial charge is 0.336 e. The van der Waals surface area contributed by atoms with Crippen LogP contribution in [0.4, 0.5) is 0 Å². The molecule has 1 amide bonds. The van der Waals surface area contributed by atoms with Crippen LogP contribution in [-0.4, -0.2) is 57.9 Å². The summed E-state index contributed by atoms with van der Waals surface area (Å²) in [7, 11) is 0. The Labute approximate surface area is 141 Å². The second-order valence-corrected chi connectivity index (χ2v) is 7.36. The van der Waals surface area contributed by atoms with Gasteiger partial charge in [-0.1, -0.05) is 13.8 Å². The smallest absolute Gasteiger partial charge is 0.326 e. The monoisotopic (exact) mass is 334 g/mol. The van der Waals surface area contributed by atoms with E-state index in [-0.39, 0.29) is 11.6 Å². The average molecular weight is 334 g/mol. The molecule has 132 valence electrons. The minimum Gasteiger partial charge on any atom is -0.336 e. The molecule has 2 aliphatic rings. The third-order valence-corrected chi connectivity index (χ3v) is 4.99. The van der Waals surface area contributed by atoms with E-state index in [1.807, 2.05) is 0 Å². The number of rotatable bonds is 4. The number of nitrogens with zero attached hydrogens (tertiary/aromatic N) is 2. The number of H-pyrrole nitrogens is 2. The van der Waals surface area contributed by atoms with Crippen molar-refractivity contribution in [3.05, 3.63) is 32.6 Å². The summed E-state index contributed by atoms with van der Waals surface area (Å²) in [6.45, 7) is 7.78. The van der Waals surface area contributed by atoms with Crippen LogP contribution in [-0.2, 0) is 0 Å². The van der Waals surface area contributed by atoms with Crippen molar-refractivity contribution < 1.29 is 4.79 Å². The molecule has 1 aliphatic carbocycles. The van der Waals surface area contributed by atoms with Gasteiger partial charge in [-0.15, -0.1) is 0 Å². The number of amides is 1. The fourth-order valence-corrected chi connectivity index (χ4v) is 3.49. The highest BCUT2D eigenvalue weighted by Crippen LogP contribution is 2.31. The molecule has 1 atom stereocenters. The number of aromatic nitrogens is 2. The predicted molar refractivity (Wildman–Crippen MR) is 91.1 cm³/mol. The summed E-state index contributed by atoms with van der Waals surface area (Å²) in [5.41, 5.74) is -1.12. The molecule has 1 aromatic heterocycles. The van der Waals surface area contributed by atoms with Gasteiger partial charge >= 0.3 is 5.69 Å². The molecule has 2 fully saturated rings. The Bertz CT molecular complexity index is 676. The highest BCUT2D eigenvalue weighted by atomic mass is 16.2. The number of nitrogens with one attached hydrogen (secondary N) is 2. The Morgan fingerprint density at radius 2 is 2.00 bits per heavy atom. The first-order valence-corrected chi connectivity index (χ1v) is 8.81. The van der Waals surface area contributed by atoms with Crippen molar-refractivity contribution in [2.24, 2.45) is 11.8 Å². The predicted octanol–water partition coefficient (Wildman–Crippen LogP) is 0.646. The maximum Gasteiger partial charge on any atom is 0.326 e. The van der Waals surface area contributed by atoms with E-state index in [2.05, 4.69) is 28.7 Å². The van der Waals surface area contributed by atoms with Crippen molar-refractivity contribution >= 4 is 5.91 Å². The summed E-state index contributed by atoms with van der Waals surface area (Å²) in [5.74, 6) is 0.991. The maximum absolute atomic E-state index is 12.8. The lowest BCUT2D eigenvalue weighted by molar-refractivity contribution is 0.0698. The summed E-state index contributed by atoms with van der Waals surface area (Å²) in [6, 6.07) is 1.48. The average Bonchev–Trinajstić information content (AvgIpc) is 3.33. The van der Waals surface area contributed by atoms with Crippen LogP contribution in [0, 0.1) is 11.8 Å². The van der Waals surface area contributed by atoms with Crippen LogP contribution in [0.1, 0.15) is 43.6 Å². The first-order valence-electron chi connectivity index (χ1n) is 8.81. The van der Waals surface area contributed by atoms with E-state index in [9.17, 15) is 14.4 Å². The normalized spacial score (nSPS) is 22.6. The lowest BCUT2D eigenvalue weighted by Crippen LogP contribution is -2.47. The highest BCUT2D eigenvalue weighted by molar-refractivity contribution is 5.92. The molecule has 24 heavy (non-hydrogen) atoms. The van der Waals surface area contributed by atoms with Gasteiger partial charge in [0.25, 0.3) is 11.5 Å². The molecule has 0 aromatic carbocycles. The van der Waals surface area contributed by atoms with Crippen LogP contribution in [0.2, 0.25) is 0 Å². The molecule has 0 bridgehead atoms. The van der Waals surface area contributed by atoms with Gasteiger partial charge in [-0.3, -0.25) is 19.5 Å². The van der Waals surface area contributed by atoms with E-state index in [0.29, 0.717) is 25.0 Å². The summed E-state index contributed by atoms with van der Waals surface area (Å²) in [5, 5.41) is 0. The molecule has 1 aromatic rings. The Balaban J connectivity index is 1.78. The third-order valence-electron chi connectivity index (χ3n) is 4.99. The molecule has 2 N–H and O–H groups in total. The van der Waals surface area contributed by atoms with E-state index in [4.69, 9.17) is 0 Å². The molecule has 1 unspecified atom stereocenters. The first kappa shape index (κ1) is 17.0. The summed E-state index contributed by atoms with van der Waals surface area (Å²) >= 11 is 0. The Morgan fingerprint density at radius 1 is 1.25 bits per heavy atom. The van der Waals surface area contributed by atoms with E-state index >= 15 is 0 Å². The lowest BCUT2D eigenvalue weighted by atomic mass is 10.0. The van der Waals surface area contributed by atoms with Gasteiger partial charge in [0.05, 0.1) is 0 Å². The van der Waals surface area contributed by atoms with Crippen molar-refractivity contribution in [3.63, 3.8) is 0 Å². The SMILES string of the molecule is CC(C)C1CN(C(=O)c2cc(=O)[nH]c(=O)[nH]2)CCCN1CC1CC1. The summed E-state index contributed by atoms with van der Waals surface area (Å²) in [4.78, 5) is 44.5. The second kappa shape index (κ2) is 6.93. The third kappa shape index (κ3) is 3.95.